The van der Waals surface area contributed by atoms with Gasteiger partial charge in [-0.15, -0.1) is 0 Å². The van der Waals surface area contributed by atoms with Crippen LogP contribution in [0.5, 0.6) is 28.7 Å². The van der Waals surface area contributed by atoms with E-state index in [2.05, 4.69) is 158 Å². The van der Waals surface area contributed by atoms with Gasteiger partial charge in [0.1, 0.15) is 39.9 Å². The van der Waals surface area contributed by atoms with Crippen molar-refractivity contribution in [1.29, 1.82) is 0 Å². The van der Waals surface area contributed by atoms with Crippen molar-refractivity contribution >= 4 is 97.1 Å². The second-order valence-corrected chi connectivity index (χ2v) is 18.8. The third-order valence-corrected chi connectivity index (χ3v) is 15.5. The molecule has 1 heterocycles. The molecule has 7 nitrogen and oxygen atoms in total. The number of ether oxygens (including phenoxy) is 4. The highest BCUT2D eigenvalue weighted by molar-refractivity contribution is 7.80. The van der Waals surface area contributed by atoms with Gasteiger partial charge in [0.25, 0.3) is 0 Å². The molecule has 0 atom stereocenters. The smallest absolute Gasteiger partial charge is 0.453 e. The highest BCUT2D eigenvalue weighted by atomic mass is 31.1. The summed E-state index contributed by atoms with van der Waals surface area (Å²) in [5.41, 5.74) is 3.33. The predicted molar refractivity (Wildman–Crippen MR) is 269 cm³/mol. The molecule has 10 aromatic carbocycles. The Bertz CT molecular complexity index is 3480. The van der Waals surface area contributed by atoms with E-state index in [0.717, 1.165) is 80.9 Å². The van der Waals surface area contributed by atoms with Crippen LogP contribution in [0, 0.1) is 0 Å². The molecule has 9 heteroatoms. The summed E-state index contributed by atoms with van der Waals surface area (Å²) in [4.78, 5) is 0. The number of hydrogen-bond acceptors (Lipinski definition) is 7. The Balaban J connectivity index is 1.23. The maximum Gasteiger partial charge on any atom is 0.453 e. The molecule has 0 N–H and O–H groups in total. The maximum absolute atomic E-state index is 7.26. The minimum Gasteiger partial charge on any atom is -0.497 e. The molecular weight excluding hydrogens is 847 g/mol. The van der Waals surface area contributed by atoms with E-state index < -0.39 is 16.2 Å². The van der Waals surface area contributed by atoms with Crippen molar-refractivity contribution in [3.63, 3.8) is 0 Å². The Morgan fingerprint density at radius 2 is 0.769 bits per heavy atom. The molecule has 0 bridgehead atoms. The Morgan fingerprint density at radius 3 is 1.23 bits per heavy atom. The molecule has 1 aromatic heterocycles. The topological polar surface area (TPSA) is 72.4 Å². The third-order valence-electron chi connectivity index (χ3n) is 12.0. The van der Waals surface area contributed by atoms with Gasteiger partial charge in [0.05, 0.1) is 28.4 Å². The van der Waals surface area contributed by atoms with Crippen molar-refractivity contribution < 1.29 is 31.9 Å². The van der Waals surface area contributed by atoms with Gasteiger partial charge in [-0.25, -0.2) is 0 Å². The Hall–Kier alpha value is -7.43. The Labute approximate surface area is 377 Å². The average molecular weight is 889 g/mol. The fraction of sp³-hybridized carbons (Fsp3) is 0.0714. The van der Waals surface area contributed by atoms with Gasteiger partial charge in [0.15, 0.2) is 0 Å². The van der Waals surface area contributed by atoms with Gasteiger partial charge in [-0.05, 0) is 109 Å². The standard InChI is InChI=1S/C56H42O7P2/c1-57-39-29-40(58-2)32-43(31-39)64(44-33-41(59-3)30-42(34-44)60-4)52-28-24-38-16-8-12-20-48(38)56(52)55-47-19-11-7-15-37(47)23-27-51(55)63-65-61-49-25-21-35-13-5-9-17-45(35)53(49)54-46-18-10-6-14-36(46)22-26-50(54)62-65/h5-34H,1-4H3. The fourth-order valence-electron chi connectivity index (χ4n) is 9.03. The molecular formula is C56H42O7P2. The second kappa shape index (κ2) is 16.9. The van der Waals surface area contributed by atoms with Gasteiger partial charge >= 0.3 is 8.24 Å². The SMILES string of the molecule is COc1cc(OC)cc(P(c2cc(OC)cc(OC)c2)c2ccc3ccccc3c2-c2c(Op3oc4ccc5ccccc5c4c4c(ccc5ccccc54)o3)ccc3ccccc23)c1. The van der Waals surface area contributed by atoms with Crippen molar-refractivity contribution in [1.82, 2.24) is 0 Å². The van der Waals surface area contributed by atoms with Gasteiger partial charge in [0, 0.05) is 34.0 Å². The van der Waals surface area contributed by atoms with Crippen LogP contribution in [0.15, 0.2) is 190 Å². The largest absolute Gasteiger partial charge is 0.497 e. The highest BCUT2D eigenvalue weighted by Crippen LogP contribution is 2.50. The van der Waals surface area contributed by atoms with Crippen LogP contribution < -0.4 is 39.4 Å². The summed E-state index contributed by atoms with van der Waals surface area (Å²) in [5, 5.41) is 13.7. The lowest BCUT2D eigenvalue weighted by molar-refractivity contribution is 0.395. The van der Waals surface area contributed by atoms with E-state index in [1.165, 1.54) is 0 Å². The Kier molecular flexibility index (Phi) is 10.5. The number of hydrogen-bond donors (Lipinski definition) is 0. The summed E-state index contributed by atoms with van der Waals surface area (Å²) in [6.07, 6.45) is 0. The van der Waals surface area contributed by atoms with Crippen molar-refractivity contribution in [2.75, 3.05) is 28.4 Å². The average Bonchev–Trinajstić information content (AvgIpc) is 3.53. The lowest BCUT2D eigenvalue weighted by Crippen LogP contribution is -2.23. The van der Waals surface area contributed by atoms with Crippen LogP contribution in [-0.2, 0) is 0 Å². The number of benzene rings is 10. The monoisotopic (exact) mass is 888 g/mol. The highest BCUT2D eigenvalue weighted by Gasteiger charge is 2.28. The van der Waals surface area contributed by atoms with E-state index in [0.29, 0.717) is 39.9 Å². The molecule has 0 saturated heterocycles. The normalized spacial score (nSPS) is 11.5. The molecule has 0 unspecified atom stereocenters. The first kappa shape index (κ1) is 40.4. The van der Waals surface area contributed by atoms with Crippen LogP contribution in [0.25, 0.3) is 76.2 Å². The van der Waals surface area contributed by atoms with E-state index in [4.69, 9.17) is 31.9 Å². The van der Waals surface area contributed by atoms with E-state index >= 15 is 0 Å². The molecule has 11 aromatic rings. The van der Waals surface area contributed by atoms with E-state index in [1.807, 2.05) is 24.3 Å². The zero-order valence-corrected chi connectivity index (χ0v) is 37.9. The van der Waals surface area contributed by atoms with Gasteiger partial charge in [-0.2, -0.15) is 0 Å². The summed E-state index contributed by atoms with van der Waals surface area (Å²) >= 11 is 0. The number of rotatable bonds is 10. The number of fused-ring (bicyclic) bond motifs is 9. The molecule has 0 fully saturated rings. The van der Waals surface area contributed by atoms with Crippen LogP contribution in [0.3, 0.4) is 0 Å². The quantitative estimate of drug-likeness (QED) is 0.127. The first-order valence-corrected chi connectivity index (χ1v) is 23.6. The van der Waals surface area contributed by atoms with Crippen LogP contribution in [0.1, 0.15) is 0 Å². The van der Waals surface area contributed by atoms with E-state index in [9.17, 15) is 0 Å². The predicted octanol–water partition coefficient (Wildman–Crippen LogP) is 14.2. The van der Waals surface area contributed by atoms with Crippen molar-refractivity contribution in [2.24, 2.45) is 0 Å². The van der Waals surface area contributed by atoms with Gasteiger partial charge in [-0.1, -0.05) is 127 Å². The first-order valence-electron chi connectivity index (χ1n) is 21.2. The van der Waals surface area contributed by atoms with Gasteiger partial charge < -0.3 is 31.9 Å². The minimum atomic E-state index is -2.06. The third kappa shape index (κ3) is 7.24. The van der Waals surface area contributed by atoms with Crippen molar-refractivity contribution in [2.45, 2.75) is 0 Å². The zero-order chi connectivity index (χ0) is 44.0. The maximum atomic E-state index is 7.26. The van der Waals surface area contributed by atoms with Crippen LogP contribution >= 0.6 is 16.2 Å². The summed E-state index contributed by atoms with van der Waals surface area (Å²) in [6, 6.07) is 62.9. The fourth-order valence-corrected chi connectivity index (χ4v) is 12.6. The van der Waals surface area contributed by atoms with Gasteiger partial charge in [0.2, 0.25) is 0 Å². The van der Waals surface area contributed by atoms with Crippen LogP contribution in [-0.4, -0.2) is 28.4 Å². The molecule has 318 valence electrons. The lowest BCUT2D eigenvalue weighted by atomic mass is 9.93. The first-order chi connectivity index (χ1) is 32.0. The van der Waals surface area contributed by atoms with E-state index in [-0.39, 0.29) is 0 Å². The second-order valence-electron chi connectivity index (χ2n) is 15.6. The van der Waals surface area contributed by atoms with Gasteiger partial charge in [-0.3, -0.25) is 0 Å². The molecule has 0 aliphatic carbocycles. The summed E-state index contributed by atoms with van der Waals surface area (Å²) in [6.45, 7) is 0. The molecule has 0 radical (unpaired) electrons. The summed E-state index contributed by atoms with van der Waals surface area (Å²) < 4.78 is 44.8. The van der Waals surface area contributed by atoms with Crippen LogP contribution in [0.2, 0.25) is 0 Å². The van der Waals surface area contributed by atoms with Crippen molar-refractivity contribution in [3.8, 4) is 39.9 Å². The molecule has 0 amide bonds. The molecule has 0 saturated carbocycles. The van der Waals surface area contributed by atoms with Crippen LogP contribution in [0.4, 0.5) is 0 Å². The molecule has 0 aliphatic heterocycles. The summed E-state index contributed by atoms with van der Waals surface area (Å²) in [7, 11) is 3.27. The zero-order valence-electron chi connectivity index (χ0n) is 36.1. The van der Waals surface area contributed by atoms with Crippen molar-refractivity contribution in [3.05, 3.63) is 182 Å². The molecule has 11 rings (SSSR count). The molecule has 65 heavy (non-hydrogen) atoms. The van der Waals surface area contributed by atoms with E-state index in [1.54, 1.807) is 28.4 Å². The lowest BCUT2D eigenvalue weighted by Gasteiger charge is -2.26. The molecule has 0 spiro atoms. The Morgan fingerprint density at radius 1 is 0.385 bits per heavy atom. The molecule has 0 aliphatic rings. The number of methoxy groups -OCH3 is 4. The summed E-state index contributed by atoms with van der Waals surface area (Å²) in [5.74, 6) is 3.37. The minimum absolute atomic E-state index is 0.625.